The van der Waals surface area contributed by atoms with Gasteiger partial charge in [-0.1, -0.05) is 0 Å². The lowest BCUT2D eigenvalue weighted by Crippen LogP contribution is -2.36. The molecule has 1 aromatic heterocycles. The highest BCUT2D eigenvalue weighted by Gasteiger charge is 2.09. The Morgan fingerprint density at radius 1 is 1.62 bits per heavy atom. The van der Waals surface area contributed by atoms with E-state index in [4.69, 9.17) is 0 Å². The Balaban J connectivity index is 2.31. The third-order valence-electron chi connectivity index (χ3n) is 2.38. The van der Waals surface area contributed by atoms with Crippen LogP contribution in [0.5, 0.6) is 0 Å². The second kappa shape index (κ2) is 6.51. The monoisotopic (exact) mass is 307 g/mol. The molecule has 0 aliphatic carbocycles. The molecule has 16 heavy (non-hydrogen) atoms. The summed E-state index contributed by atoms with van der Waals surface area (Å²) in [5.74, 6) is 0. The first kappa shape index (κ1) is 13.9. The van der Waals surface area contributed by atoms with Gasteiger partial charge in [-0.25, -0.2) is 0 Å². The summed E-state index contributed by atoms with van der Waals surface area (Å²) in [5.41, 5.74) is 0. The van der Waals surface area contributed by atoms with Gasteiger partial charge in [-0.2, -0.15) is 5.10 Å². The van der Waals surface area contributed by atoms with Crippen LogP contribution >= 0.6 is 15.9 Å². The lowest BCUT2D eigenvalue weighted by molar-refractivity contribution is 0.453. The Morgan fingerprint density at radius 2 is 2.31 bits per heavy atom. The van der Waals surface area contributed by atoms with Crippen LogP contribution in [0, 0.1) is 0 Å². The summed E-state index contributed by atoms with van der Waals surface area (Å²) in [6.45, 7) is 5.67. The summed E-state index contributed by atoms with van der Waals surface area (Å²) in [6.07, 6.45) is 5.46. The van der Waals surface area contributed by atoms with Crippen molar-refractivity contribution in [2.75, 3.05) is 12.8 Å². The summed E-state index contributed by atoms with van der Waals surface area (Å²) in [6, 6.07) is 0.317. The van der Waals surface area contributed by atoms with Crippen molar-refractivity contribution >= 4 is 26.7 Å². The van der Waals surface area contributed by atoms with Crippen molar-refractivity contribution in [1.82, 2.24) is 15.1 Å². The first-order chi connectivity index (χ1) is 7.49. The van der Waals surface area contributed by atoms with E-state index < -0.39 is 10.8 Å². The zero-order valence-electron chi connectivity index (χ0n) is 9.81. The molecular formula is C10H18BrN3OS. The van der Waals surface area contributed by atoms with Gasteiger partial charge in [0.25, 0.3) is 0 Å². The molecule has 0 radical (unpaired) electrons. The minimum atomic E-state index is -0.762. The molecular weight excluding hydrogens is 290 g/mol. The van der Waals surface area contributed by atoms with E-state index in [1.807, 2.05) is 17.8 Å². The molecule has 1 aromatic rings. The normalized spacial score (nSPS) is 17.0. The Bertz CT molecular complexity index is 356. The molecule has 0 aliphatic heterocycles. The number of rotatable bonds is 6. The molecule has 0 amide bonds. The van der Waals surface area contributed by atoms with Crippen molar-refractivity contribution in [3.8, 4) is 0 Å². The molecule has 92 valence electrons. The van der Waals surface area contributed by atoms with E-state index in [9.17, 15) is 4.21 Å². The highest BCUT2D eigenvalue weighted by Crippen LogP contribution is 2.06. The van der Waals surface area contributed by atoms with E-state index in [2.05, 4.69) is 33.3 Å². The second-order valence-corrected chi connectivity index (χ2v) is 6.72. The SMILES string of the molecule is CC(Cn1cc(Br)cn1)NCC(C)S(C)=O. The summed E-state index contributed by atoms with van der Waals surface area (Å²) in [4.78, 5) is 0. The summed E-state index contributed by atoms with van der Waals surface area (Å²) < 4.78 is 14.0. The first-order valence-corrected chi connectivity index (χ1v) is 7.64. The van der Waals surface area contributed by atoms with Crippen molar-refractivity contribution in [3.05, 3.63) is 16.9 Å². The average Bonchev–Trinajstić information content (AvgIpc) is 2.60. The van der Waals surface area contributed by atoms with Crippen LogP contribution in [0.25, 0.3) is 0 Å². The molecule has 0 bridgehead atoms. The van der Waals surface area contributed by atoms with Crippen molar-refractivity contribution in [2.45, 2.75) is 31.7 Å². The highest BCUT2D eigenvalue weighted by molar-refractivity contribution is 9.10. The lowest BCUT2D eigenvalue weighted by Gasteiger charge is -2.16. The largest absolute Gasteiger partial charge is 0.311 e. The van der Waals surface area contributed by atoms with Crippen molar-refractivity contribution in [3.63, 3.8) is 0 Å². The Hall–Kier alpha value is -0.200. The third-order valence-corrected chi connectivity index (χ3v) is 4.09. The number of halogens is 1. The summed E-state index contributed by atoms with van der Waals surface area (Å²) in [5, 5.41) is 7.73. The van der Waals surface area contributed by atoms with Gasteiger partial charge in [0.15, 0.2) is 0 Å². The zero-order valence-corrected chi connectivity index (χ0v) is 12.2. The Labute approximate surface area is 107 Å². The molecule has 0 spiro atoms. The van der Waals surface area contributed by atoms with Crippen LogP contribution in [0.1, 0.15) is 13.8 Å². The van der Waals surface area contributed by atoms with Gasteiger partial charge in [0.05, 0.1) is 17.2 Å². The molecule has 3 atom stereocenters. The van der Waals surface area contributed by atoms with Crippen LogP contribution in [0.15, 0.2) is 16.9 Å². The van der Waals surface area contributed by atoms with Gasteiger partial charge in [0, 0.05) is 41.1 Å². The molecule has 3 unspecified atom stereocenters. The van der Waals surface area contributed by atoms with E-state index in [1.54, 1.807) is 12.5 Å². The smallest absolute Gasteiger partial charge is 0.0632 e. The molecule has 6 heteroatoms. The summed E-state index contributed by atoms with van der Waals surface area (Å²) in [7, 11) is -0.762. The van der Waals surface area contributed by atoms with E-state index in [1.165, 1.54) is 0 Å². The van der Waals surface area contributed by atoms with E-state index in [0.29, 0.717) is 6.04 Å². The van der Waals surface area contributed by atoms with Crippen molar-refractivity contribution in [2.24, 2.45) is 0 Å². The molecule has 0 aromatic carbocycles. The fourth-order valence-corrected chi connectivity index (χ4v) is 1.93. The van der Waals surface area contributed by atoms with E-state index >= 15 is 0 Å². The summed E-state index contributed by atoms with van der Waals surface area (Å²) >= 11 is 3.36. The molecule has 1 rings (SSSR count). The van der Waals surface area contributed by atoms with Crippen molar-refractivity contribution in [1.29, 1.82) is 0 Å². The van der Waals surface area contributed by atoms with Crippen LogP contribution in [-0.4, -0.2) is 38.1 Å². The lowest BCUT2D eigenvalue weighted by atomic mass is 10.3. The quantitative estimate of drug-likeness (QED) is 0.864. The molecule has 0 aliphatic rings. The third kappa shape index (κ3) is 4.76. The first-order valence-electron chi connectivity index (χ1n) is 5.22. The van der Waals surface area contributed by atoms with Crippen LogP contribution in [-0.2, 0) is 17.3 Å². The minimum absolute atomic E-state index is 0.187. The Kier molecular flexibility index (Phi) is 5.64. The molecule has 0 saturated heterocycles. The number of hydrogen-bond acceptors (Lipinski definition) is 3. The average molecular weight is 308 g/mol. The molecule has 0 saturated carbocycles. The van der Waals surface area contributed by atoms with Crippen LogP contribution in [0.2, 0.25) is 0 Å². The maximum Gasteiger partial charge on any atom is 0.0632 e. The second-order valence-electron chi connectivity index (χ2n) is 4.00. The fourth-order valence-electron chi connectivity index (χ4n) is 1.27. The van der Waals surface area contributed by atoms with Gasteiger partial charge in [0.1, 0.15) is 0 Å². The van der Waals surface area contributed by atoms with Crippen LogP contribution < -0.4 is 5.32 Å². The van der Waals surface area contributed by atoms with E-state index in [-0.39, 0.29) is 5.25 Å². The number of aromatic nitrogens is 2. The maximum absolute atomic E-state index is 11.2. The number of hydrogen-bond donors (Lipinski definition) is 1. The topological polar surface area (TPSA) is 46.9 Å². The standard InChI is InChI=1S/C10H18BrN3OS/c1-8(12-4-9(2)16(3)15)6-14-7-10(11)5-13-14/h5,7-9,12H,4,6H2,1-3H3. The van der Waals surface area contributed by atoms with Gasteiger partial charge in [-0.15, -0.1) is 0 Å². The van der Waals surface area contributed by atoms with Crippen LogP contribution in [0.4, 0.5) is 0 Å². The van der Waals surface area contributed by atoms with Crippen LogP contribution in [0.3, 0.4) is 0 Å². The van der Waals surface area contributed by atoms with Crippen molar-refractivity contribution < 1.29 is 4.21 Å². The fraction of sp³-hybridized carbons (Fsp3) is 0.700. The zero-order chi connectivity index (χ0) is 12.1. The minimum Gasteiger partial charge on any atom is -0.311 e. The van der Waals surface area contributed by atoms with Gasteiger partial charge < -0.3 is 5.32 Å². The molecule has 1 heterocycles. The Morgan fingerprint density at radius 3 is 2.81 bits per heavy atom. The predicted molar refractivity (Wildman–Crippen MR) is 70.9 cm³/mol. The van der Waals surface area contributed by atoms with Gasteiger partial charge in [0.2, 0.25) is 0 Å². The number of nitrogens with zero attached hydrogens (tertiary/aromatic N) is 2. The molecule has 4 nitrogen and oxygen atoms in total. The maximum atomic E-state index is 11.2. The molecule has 1 N–H and O–H groups in total. The highest BCUT2D eigenvalue weighted by atomic mass is 79.9. The van der Waals surface area contributed by atoms with Gasteiger partial charge >= 0.3 is 0 Å². The number of nitrogens with one attached hydrogen (secondary N) is 1. The molecule has 0 fully saturated rings. The predicted octanol–water partition coefficient (Wildman–Crippen LogP) is 1.39. The van der Waals surface area contributed by atoms with Gasteiger partial charge in [-0.05, 0) is 29.8 Å². The van der Waals surface area contributed by atoms with E-state index in [0.717, 1.165) is 17.6 Å². The van der Waals surface area contributed by atoms with Gasteiger partial charge in [-0.3, -0.25) is 8.89 Å².